The molecule has 1 aromatic heterocycles. The summed E-state index contributed by atoms with van der Waals surface area (Å²) in [4.78, 5) is 3.93. The Labute approximate surface area is 99.3 Å². The Morgan fingerprint density at radius 2 is 2.12 bits per heavy atom. The van der Waals surface area contributed by atoms with Gasteiger partial charge in [0, 0.05) is 0 Å². The summed E-state index contributed by atoms with van der Waals surface area (Å²) in [5.41, 5.74) is 7.72. The van der Waals surface area contributed by atoms with Crippen LogP contribution in [0.15, 0.2) is 36.5 Å². The lowest BCUT2D eigenvalue weighted by Gasteiger charge is -2.10. The zero-order valence-corrected chi connectivity index (χ0v) is 9.34. The third-order valence-electron chi connectivity index (χ3n) is 2.31. The number of aryl methyl sites for hydroxylation is 1. The maximum Gasteiger partial charge on any atom is 0.153 e. The number of rotatable bonds is 2. The van der Waals surface area contributed by atoms with E-state index in [1.807, 2.05) is 25.1 Å². The third-order valence-corrected chi connectivity index (χ3v) is 2.31. The molecule has 0 saturated heterocycles. The lowest BCUT2D eigenvalue weighted by atomic mass is 10.2. The van der Waals surface area contributed by atoms with Gasteiger partial charge in [-0.2, -0.15) is 5.26 Å². The highest BCUT2D eigenvalue weighted by atomic mass is 16.5. The Balaban J connectivity index is 2.29. The second-order valence-corrected chi connectivity index (χ2v) is 3.59. The highest BCUT2D eigenvalue weighted by Gasteiger charge is 2.05. The SMILES string of the molecule is Cc1cccc(N)c1Oc1ccc(C#N)nc1. The Morgan fingerprint density at radius 3 is 2.71 bits per heavy atom. The fourth-order valence-corrected chi connectivity index (χ4v) is 1.44. The fraction of sp³-hybridized carbons (Fsp3) is 0.0769. The molecular weight excluding hydrogens is 214 g/mol. The van der Waals surface area contributed by atoms with Crippen molar-refractivity contribution >= 4 is 5.69 Å². The van der Waals surface area contributed by atoms with Gasteiger partial charge in [0.15, 0.2) is 5.75 Å². The van der Waals surface area contributed by atoms with E-state index in [0.717, 1.165) is 5.56 Å². The van der Waals surface area contributed by atoms with E-state index in [4.69, 9.17) is 15.7 Å². The first-order chi connectivity index (χ1) is 8.20. The third kappa shape index (κ3) is 2.34. The number of nitrogens with two attached hydrogens (primary N) is 1. The largest absolute Gasteiger partial charge is 0.453 e. The molecule has 0 saturated carbocycles. The number of para-hydroxylation sites is 1. The summed E-state index contributed by atoms with van der Waals surface area (Å²) in [7, 11) is 0. The number of nitrogen functional groups attached to an aromatic ring is 1. The number of nitrogens with zero attached hydrogens (tertiary/aromatic N) is 2. The van der Waals surface area contributed by atoms with E-state index in [1.165, 1.54) is 6.20 Å². The van der Waals surface area contributed by atoms with Gasteiger partial charge < -0.3 is 10.5 Å². The minimum Gasteiger partial charge on any atom is -0.453 e. The van der Waals surface area contributed by atoms with Gasteiger partial charge in [0.2, 0.25) is 0 Å². The zero-order chi connectivity index (χ0) is 12.3. The van der Waals surface area contributed by atoms with E-state index in [2.05, 4.69) is 4.98 Å². The van der Waals surface area contributed by atoms with Crippen LogP contribution in [0.1, 0.15) is 11.3 Å². The molecule has 4 heteroatoms. The summed E-state index contributed by atoms with van der Waals surface area (Å²) in [5, 5.41) is 8.63. The van der Waals surface area contributed by atoms with Crippen molar-refractivity contribution < 1.29 is 4.74 Å². The number of hydrogen-bond donors (Lipinski definition) is 1. The number of nitriles is 1. The van der Waals surface area contributed by atoms with Crippen LogP contribution in [0.25, 0.3) is 0 Å². The quantitative estimate of drug-likeness (QED) is 0.797. The number of pyridine rings is 1. The molecule has 0 amide bonds. The lowest BCUT2D eigenvalue weighted by Crippen LogP contribution is -1.95. The van der Waals surface area contributed by atoms with Crippen LogP contribution in [-0.4, -0.2) is 4.98 Å². The van der Waals surface area contributed by atoms with Gasteiger partial charge in [-0.1, -0.05) is 12.1 Å². The molecule has 1 aromatic carbocycles. The monoisotopic (exact) mass is 225 g/mol. The second-order valence-electron chi connectivity index (χ2n) is 3.59. The molecule has 2 rings (SSSR count). The van der Waals surface area contributed by atoms with Crippen molar-refractivity contribution in [3.63, 3.8) is 0 Å². The van der Waals surface area contributed by atoms with Gasteiger partial charge >= 0.3 is 0 Å². The van der Waals surface area contributed by atoms with Crippen molar-refractivity contribution in [3.8, 4) is 17.6 Å². The highest BCUT2D eigenvalue weighted by Crippen LogP contribution is 2.30. The van der Waals surface area contributed by atoms with Crippen molar-refractivity contribution in [1.82, 2.24) is 4.98 Å². The average molecular weight is 225 g/mol. The van der Waals surface area contributed by atoms with Gasteiger partial charge in [-0.3, -0.25) is 0 Å². The van der Waals surface area contributed by atoms with Crippen molar-refractivity contribution in [3.05, 3.63) is 47.8 Å². The van der Waals surface area contributed by atoms with Gasteiger partial charge in [0.05, 0.1) is 11.9 Å². The molecule has 0 bridgehead atoms. The number of hydrogen-bond acceptors (Lipinski definition) is 4. The number of anilines is 1. The molecule has 0 aliphatic heterocycles. The van der Waals surface area contributed by atoms with Crippen LogP contribution in [0, 0.1) is 18.3 Å². The predicted molar refractivity (Wildman–Crippen MR) is 64.6 cm³/mol. The Hall–Kier alpha value is -2.54. The molecule has 0 spiro atoms. The highest BCUT2D eigenvalue weighted by molar-refractivity contribution is 5.57. The van der Waals surface area contributed by atoms with Crippen LogP contribution < -0.4 is 10.5 Å². The van der Waals surface area contributed by atoms with E-state index in [1.54, 1.807) is 18.2 Å². The molecule has 4 nitrogen and oxygen atoms in total. The molecule has 0 fully saturated rings. The maximum atomic E-state index is 8.63. The van der Waals surface area contributed by atoms with Crippen molar-refractivity contribution in [2.24, 2.45) is 0 Å². The van der Waals surface area contributed by atoms with Gasteiger partial charge in [-0.05, 0) is 30.7 Å². The van der Waals surface area contributed by atoms with Crippen LogP contribution in [0.4, 0.5) is 5.69 Å². The molecule has 17 heavy (non-hydrogen) atoms. The minimum atomic E-state index is 0.357. The van der Waals surface area contributed by atoms with Crippen molar-refractivity contribution in [2.75, 3.05) is 5.73 Å². The van der Waals surface area contributed by atoms with Gasteiger partial charge in [-0.25, -0.2) is 4.98 Å². The summed E-state index contributed by atoms with van der Waals surface area (Å²) in [6.45, 7) is 1.92. The van der Waals surface area contributed by atoms with Crippen LogP contribution in [0.2, 0.25) is 0 Å². The minimum absolute atomic E-state index is 0.357. The Morgan fingerprint density at radius 1 is 1.29 bits per heavy atom. The maximum absolute atomic E-state index is 8.63. The predicted octanol–water partition coefficient (Wildman–Crippen LogP) is 2.64. The average Bonchev–Trinajstić information content (AvgIpc) is 2.35. The molecule has 2 aromatic rings. The standard InChI is InChI=1S/C13H11N3O/c1-9-3-2-4-12(15)13(9)17-11-6-5-10(7-14)16-8-11/h2-6,8H,15H2,1H3. The summed E-state index contributed by atoms with van der Waals surface area (Å²) in [6, 6.07) is 10.8. The van der Waals surface area contributed by atoms with Gasteiger partial charge in [0.25, 0.3) is 0 Å². The van der Waals surface area contributed by atoms with Gasteiger partial charge in [0.1, 0.15) is 17.5 Å². The first-order valence-electron chi connectivity index (χ1n) is 5.10. The summed E-state index contributed by atoms with van der Waals surface area (Å²) in [5.74, 6) is 1.18. The first-order valence-corrected chi connectivity index (χ1v) is 5.10. The number of aromatic nitrogens is 1. The normalized spacial score (nSPS) is 9.65. The summed E-state index contributed by atoms with van der Waals surface area (Å²) in [6.07, 6.45) is 1.50. The fourth-order valence-electron chi connectivity index (χ4n) is 1.44. The van der Waals surface area contributed by atoms with Crippen LogP contribution in [0.3, 0.4) is 0 Å². The molecule has 2 N–H and O–H groups in total. The van der Waals surface area contributed by atoms with E-state index >= 15 is 0 Å². The number of ether oxygens (including phenoxy) is 1. The van der Waals surface area contributed by atoms with Crippen LogP contribution in [0.5, 0.6) is 11.5 Å². The van der Waals surface area contributed by atoms with E-state index < -0.39 is 0 Å². The smallest absolute Gasteiger partial charge is 0.153 e. The van der Waals surface area contributed by atoms with E-state index in [0.29, 0.717) is 22.9 Å². The molecule has 0 aliphatic rings. The molecule has 1 heterocycles. The lowest BCUT2D eigenvalue weighted by molar-refractivity contribution is 0.479. The first kappa shape index (κ1) is 11.0. The molecule has 84 valence electrons. The van der Waals surface area contributed by atoms with E-state index in [9.17, 15) is 0 Å². The molecule has 0 unspecified atom stereocenters. The van der Waals surface area contributed by atoms with Crippen LogP contribution >= 0.6 is 0 Å². The number of benzene rings is 1. The zero-order valence-electron chi connectivity index (χ0n) is 9.34. The molecular formula is C13H11N3O. The van der Waals surface area contributed by atoms with Crippen LogP contribution in [-0.2, 0) is 0 Å². The van der Waals surface area contributed by atoms with Crippen molar-refractivity contribution in [1.29, 1.82) is 5.26 Å². The second kappa shape index (κ2) is 4.54. The molecule has 0 aliphatic carbocycles. The van der Waals surface area contributed by atoms with E-state index in [-0.39, 0.29) is 0 Å². The Bertz CT molecular complexity index is 550. The summed E-state index contributed by atoms with van der Waals surface area (Å²) < 4.78 is 5.64. The van der Waals surface area contributed by atoms with Crippen molar-refractivity contribution in [2.45, 2.75) is 6.92 Å². The Kier molecular flexibility index (Phi) is 2.93. The van der Waals surface area contributed by atoms with Gasteiger partial charge in [-0.15, -0.1) is 0 Å². The summed E-state index contributed by atoms with van der Waals surface area (Å²) >= 11 is 0. The molecule has 0 radical (unpaired) electrons. The molecule has 0 atom stereocenters. The topological polar surface area (TPSA) is 71.9 Å².